The number of methoxy groups -OCH3 is 1. The second kappa shape index (κ2) is 5.14. The predicted octanol–water partition coefficient (Wildman–Crippen LogP) is 3.15. The molecule has 0 saturated carbocycles. The maximum Gasteiger partial charge on any atom is 0.150 e. The van der Waals surface area contributed by atoms with E-state index in [1.807, 2.05) is 43.2 Å². The molecule has 0 amide bonds. The number of nitrogens with zero attached hydrogens (tertiary/aromatic N) is 3. The highest BCUT2D eigenvalue weighted by Gasteiger charge is 2.17. The van der Waals surface area contributed by atoms with E-state index in [4.69, 9.17) is 4.74 Å². The van der Waals surface area contributed by atoms with Gasteiger partial charge in [0.05, 0.1) is 12.6 Å². The van der Waals surface area contributed by atoms with Crippen LogP contribution in [0.5, 0.6) is 5.75 Å². The van der Waals surface area contributed by atoms with Crippen molar-refractivity contribution in [2.24, 2.45) is 14.1 Å². The number of rotatable bonds is 3. The van der Waals surface area contributed by atoms with E-state index in [9.17, 15) is 4.79 Å². The monoisotopic (exact) mass is 317 g/mol. The predicted molar refractivity (Wildman–Crippen MR) is 92.2 cm³/mol. The molecule has 2 aromatic heterocycles. The minimum atomic E-state index is 0.589. The summed E-state index contributed by atoms with van der Waals surface area (Å²) >= 11 is 0. The van der Waals surface area contributed by atoms with Gasteiger partial charge in [-0.1, -0.05) is 6.07 Å². The van der Waals surface area contributed by atoms with Crippen LogP contribution < -0.4 is 4.74 Å². The van der Waals surface area contributed by atoms with Gasteiger partial charge < -0.3 is 9.30 Å². The molecule has 5 heteroatoms. The van der Waals surface area contributed by atoms with Crippen molar-refractivity contribution in [1.82, 2.24) is 14.3 Å². The van der Waals surface area contributed by atoms with Crippen LogP contribution in [0.4, 0.5) is 0 Å². The van der Waals surface area contributed by atoms with Crippen LogP contribution in [0.25, 0.3) is 32.9 Å². The van der Waals surface area contributed by atoms with Gasteiger partial charge in [-0.15, -0.1) is 0 Å². The number of aryl methyl sites for hydroxylation is 2. The Kier molecular flexibility index (Phi) is 3.07. The van der Waals surface area contributed by atoms with E-state index in [-0.39, 0.29) is 0 Å². The minimum Gasteiger partial charge on any atom is -0.496 e. The zero-order valence-corrected chi connectivity index (χ0v) is 13.6. The highest BCUT2D eigenvalue weighted by Crippen LogP contribution is 2.39. The molecule has 0 atom stereocenters. The lowest BCUT2D eigenvalue weighted by atomic mass is 10.0. The van der Waals surface area contributed by atoms with Crippen LogP contribution in [0, 0.1) is 12.1 Å². The molecule has 0 aliphatic carbocycles. The summed E-state index contributed by atoms with van der Waals surface area (Å²) in [6.45, 7) is 0. The minimum absolute atomic E-state index is 0.589. The first kappa shape index (κ1) is 14.3. The van der Waals surface area contributed by atoms with Gasteiger partial charge in [-0.2, -0.15) is 5.10 Å². The molecule has 0 radical (unpaired) electrons. The molecule has 5 nitrogen and oxygen atoms in total. The van der Waals surface area contributed by atoms with E-state index in [2.05, 4.69) is 17.2 Å². The number of aldehydes is 1. The third-order valence-corrected chi connectivity index (χ3v) is 4.25. The standard InChI is InChI=1S/C19H15N3O2/c1-21-9-15(13-5-4-6-16-14(13)10-22(2)20-16)19-17(21)7-12(11-23)8-18(19)24-3/h5,7-11H,1-3H3. The zero-order valence-electron chi connectivity index (χ0n) is 13.6. The Labute approximate surface area is 139 Å². The largest absolute Gasteiger partial charge is 0.496 e. The van der Waals surface area contributed by atoms with E-state index in [1.165, 1.54) is 0 Å². The third-order valence-electron chi connectivity index (χ3n) is 4.25. The summed E-state index contributed by atoms with van der Waals surface area (Å²) in [5.41, 5.74) is 4.34. The number of hydrogen-bond donors (Lipinski definition) is 0. The zero-order chi connectivity index (χ0) is 16.8. The highest BCUT2D eigenvalue weighted by atomic mass is 16.5. The van der Waals surface area contributed by atoms with E-state index < -0.39 is 0 Å². The summed E-state index contributed by atoms with van der Waals surface area (Å²) in [6.07, 6.45) is 4.84. The Hall–Kier alpha value is -3.26. The van der Waals surface area contributed by atoms with Gasteiger partial charge in [-0.05, 0) is 24.3 Å². The Balaban J connectivity index is 2.11. The average Bonchev–Trinajstić information content (AvgIpc) is 3.13. The van der Waals surface area contributed by atoms with Gasteiger partial charge >= 0.3 is 0 Å². The Morgan fingerprint density at radius 3 is 2.79 bits per heavy atom. The summed E-state index contributed by atoms with van der Waals surface area (Å²) in [4.78, 5) is 11.2. The van der Waals surface area contributed by atoms with Crippen LogP contribution in [0.2, 0.25) is 0 Å². The molecule has 0 aliphatic heterocycles. The first-order valence-corrected chi connectivity index (χ1v) is 7.50. The fourth-order valence-corrected chi connectivity index (χ4v) is 3.19. The average molecular weight is 317 g/mol. The van der Waals surface area contributed by atoms with Crippen LogP contribution in [0.15, 0.2) is 30.6 Å². The van der Waals surface area contributed by atoms with Crippen molar-refractivity contribution in [2.75, 3.05) is 7.11 Å². The van der Waals surface area contributed by atoms with E-state index >= 15 is 0 Å². The molecule has 0 unspecified atom stereocenters. The Morgan fingerprint density at radius 2 is 2.04 bits per heavy atom. The van der Waals surface area contributed by atoms with Crippen molar-refractivity contribution in [2.45, 2.75) is 0 Å². The lowest BCUT2D eigenvalue weighted by Gasteiger charge is -2.07. The first-order chi connectivity index (χ1) is 11.6. The number of benzene rings is 1. The van der Waals surface area contributed by atoms with Crippen molar-refractivity contribution in [3.8, 4) is 16.9 Å². The normalized spacial score (nSPS) is 11.0. The molecule has 0 bridgehead atoms. The van der Waals surface area contributed by atoms with E-state index in [1.54, 1.807) is 17.9 Å². The van der Waals surface area contributed by atoms with Gasteiger partial charge in [-0.25, -0.2) is 0 Å². The quantitative estimate of drug-likeness (QED) is 0.545. The SMILES string of the molecule is COc1cc(C=O)cc2c1c(-c1cc#cc3nn(C)cc13)cn2C. The number of fused-ring (bicyclic) bond motifs is 2. The fraction of sp³-hybridized carbons (Fsp3) is 0.158. The van der Waals surface area contributed by atoms with Crippen LogP contribution in [0.3, 0.4) is 0 Å². The second-order valence-corrected chi connectivity index (χ2v) is 5.78. The fourth-order valence-electron chi connectivity index (χ4n) is 3.19. The highest BCUT2D eigenvalue weighted by molar-refractivity contribution is 6.07. The molecule has 118 valence electrons. The molecule has 0 saturated heterocycles. The Bertz CT molecular complexity index is 1090. The summed E-state index contributed by atoms with van der Waals surface area (Å²) in [5.74, 6) is 0.676. The van der Waals surface area contributed by atoms with Gasteiger partial charge in [0.15, 0.2) is 0 Å². The molecule has 4 aromatic rings. The van der Waals surface area contributed by atoms with Gasteiger partial charge in [0, 0.05) is 54.0 Å². The summed E-state index contributed by atoms with van der Waals surface area (Å²) in [6, 6.07) is 11.6. The smallest absolute Gasteiger partial charge is 0.150 e. The second-order valence-electron chi connectivity index (χ2n) is 5.78. The lowest BCUT2D eigenvalue weighted by molar-refractivity contribution is 0.112. The van der Waals surface area contributed by atoms with Gasteiger partial charge in [0.1, 0.15) is 17.6 Å². The van der Waals surface area contributed by atoms with E-state index in [0.717, 1.165) is 39.2 Å². The summed E-state index contributed by atoms with van der Waals surface area (Å²) in [7, 11) is 5.46. The van der Waals surface area contributed by atoms with Gasteiger partial charge in [-0.3, -0.25) is 9.48 Å². The summed E-state index contributed by atoms with van der Waals surface area (Å²) in [5, 5.41) is 6.37. The maximum atomic E-state index is 11.2. The molecule has 0 fully saturated rings. The van der Waals surface area contributed by atoms with E-state index in [0.29, 0.717) is 11.3 Å². The van der Waals surface area contributed by atoms with Crippen molar-refractivity contribution in [3.63, 3.8) is 0 Å². The topological polar surface area (TPSA) is 49.0 Å². The maximum absolute atomic E-state index is 11.2. The molecular formula is C19H15N3O2. The third kappa shape index (κ3) is 1.97. The number of carbonyl (C=O) groups is 1. The molecule has 0 N–H and O–H groups in total. The molecule has 24 heavy (non-hydrogen) atoms. The molecule has 0 spiro atoms. The lowest BCUT2D eigenvalue weighted by Crippen LogP contribution is -1.90. The number of hydrogen-bond acceptors (Lipinski definition) is 3. The van der Waals surface area contributed by atoms with Crippen molar-refractivity contribution in [3.05, 3.63) is 48.3 Å². The van der Waals surface area contributed by atoms with Crippen LogP contribution in [-0.4, -0.2) is 27.7 Å². The Morgan fingerprint density at radius 1 is 1.21 bits per heavy atom. The first-order valence-electron chi connectivity index (χ1n) is 7.50. The molecule has 4 rings (SSSR count). The number of aromatic nitrogens is 3. The van der Waals surface area contributed by atoms with Crippen molar-refractivity contribution < 1.29 is 9.53 Å². The number of ether oxygens (including phenoxy) is 1. The molecule has 2 aromatic carbocycles. The van der Waals surface area contributed by atoms with Crippen LogP contribution in [0.1, 0.15) is 10.4 Å². The van der Waals surface area contributed by atoms with Crippen molar-refractivity contribution in [1.29, 1.82) is 0 Å². The summed E-state index contributed by atoms with van der Waals surface area (Å²) < 4.78 is 9.32. The molecular weight excluding hydrogens is 302 g/mol. The van der Waals surface area contributed by atoms with Gasteiger partial charge in [0.25, 0.3) is 0 Å². The molecule has 2 heterocycles. The van der Waals surface area contributed by atoms with Crippen LogP contribution in [-0.2, 0) is 14.1 Å². The van der Waals surface area contributed by atoms with Crippen molar-refractivity contribution >= 4 is 28.1 Å². The van der Waals surface area contributed by atoms with Crippen LogP contribution >= 0.6 is 0 Å². The number of carbonyl (C=O) groups excluding carboxylic acids is 1. The van der Waals surface area contributed by atoms with Gasteiger partial charge in [0.2, 0.25) is 0 Å². The molecule has 0 aliphatic rings.